The predicted octanol–water partition coefficient (Wildman–Crippen LogP) is 4.49. The number of halogens is 1. The Labute approximate surface area is 239 Å². The van der Waals surface area contributed by atoms with E-state index in [1.165, 1.54) is 12.1 Å². The highest BCUT2D eigenvalue weighted by molar-refractivity contribution is 6.11. The van der Waals surface area contributed by atoms with Crippen molar-refractivity contribution in [3.8, 4) is 0 Å². The average molecular weight is 559 g/mol. The number of ether oxygens (including phenoxy) is 1. The number of aryl methyl sites for hydroxylation is 2. The largest absolute Gasteiger partial charge is 0.466 e. The Morgan fingerprint density at radius 2 is 1.95 bits per heavy atom. The lowest BCUT2D eigenvalue weighted by Crippen LogP contribution is -2.53. The van der Waals surface area contributed by atoms with Gasteiger partial charge in [0.15, 0.2) is 11.8 Å². The van der Waals surface area contributed by atoms with E-state index in [9.17, 15) is 14.0 Å². The molecule has 3 aromatic rings. The lowest BCUT2D eigenvalue weighted by molar-refractivity contribution is -0.151. The molecule has 2 unspecified atom stereocenters. The number of hydrogen-bond acceptors (Lipinski definition) is 8. The van der Waals surface area contributed by atoms with E-state index in [-0.39, 0.29) is 24.6 Å². The van der Waals surface area contributed by atoms with Crippen LogP contribution < -0.4 is 0 Å². The van der Waals surface area contributed by atoms with Crippen molar-refractivity contribution in [2.75, 3.05) is 26.9 Å². The SMILES string of the molecule is CCOC(=O)C1C(=O)C=C2N(CN(C)CCc3ccccn3)C(c3cc(C)oc3C)=CC(Cc3ccccc3F)N21. The number of carbonyl (C=O) groups is 2. The topological polar surface area (TPSA) is 79.1 Å². The summed E-state index contributed by atoms with van der Waals surface area (Å²) < 4.78 is 26.1. The fourth-order valence-corrected chi connectivity index (χ4v) is 5.53. The van der Waals surface area contributed by atoms with Crippen molar-refractivity contribution in [2.24, 2.45) is 0 Å². The maximum atomic E-state index is 14.9. The second-order valence-corrected chi connectivity index (χ2v) is 10.4. The van der Waals surface area contributed by atoms with E-state index < -0.39 is 18.1 Å². The molecule has 0 amide bonds. The van der Waals surface area contributed by atoms with E-state index in [2.05, 4.69) is 9.88 Å². The maximum Gasteiger partial charge on any atom is 0.337 e. The molecule has 214 valence electrons. The number of pyridine rings is 1. The van der Waals surface area contributed by atoms with Gasteiger partial charge in [-0.2, -0.15) is 0 Å². The van der Waals surface area contributed by atoms with E-state index in [1.54, 1.807) is 36.2 Å². The minimum absolute atomic E-state index is 0.151. The quantitative estimate of drug-likeness (QED) is 0.266. The highest BCUT2D eigenvalue weighted by Crippen LogP contribution is 2.40. The highest BCUT2D eigenvalue weighted by Gasteiger charge is 2.47. The van der Waals surface area contributed by atoms with Crippen molar-refractivity contribution in [3.05, 3.63) is 107 Å². The summed E-state index contributed by atoms with van der Waals surface area (Å²) in [5.41, 5.74) is 3.20. The van der Waals surface area contributed by atoms with Crippen molar-refractivity contribution < 1.29 is 23.1 Å². The average Bonchev–Trinajstić information content (AvgIpc) is 3.48. The summed E-state index contributed by atoms with van der Waals surface area (Å²) in [5, 5.41) is 0. The van der Waals surface area contributed by atoms with Crippen LogP contribution in [0.15, 0.2) is 77.1 Å². The summed E-state index contributed by atoms with van der Waals surface area (Å²) in [5.74, 6) is 0.773. The van der Waals surface area contributed by atoms with Gasteiger partial charge in [0, 0.05) is 36.5 Å². The Kier molecular flexibility index (Phi) is 8.35. The van der Waals surface area contributed by atoms with Crippen molar-refractivity contribution in [3.63, 3.8) is 0 Å². The first kappa shape index (κ1) is 28.3. The lowest BCUT2D eigenvalue weighted by atomic mass is 9.97. The molecule has 8 nitrogen and oxygen atoms in total. The molecule has 0 spiro atoms. The number of benzene rings is 1. The zero-order valence-electron chi connectivity index (χ0n) is 23.8. The van der Waals surface area contributed by atoms with Gasteiger partial charge in [0.25, 0.3) is 0 Å². The second-order valence-electron chi connectivity index (χ2n) is 10.4. The molecule has 0 saturated carbocycles. The standard InChI is InChI=1S/C32H35FN4O4/c1-5-40-32(39)31-29(38)19-30-36(20-35(4)15-13-24-11-8-9-14-34-24)28(26-16-21(2)41-22(26)3)18-25(37(30)31)17-23-10-6-7-12-27(23)33/h6-12,14,16,18-19,25,31H,5,13,15,17,20H2,1-4H3. The number of likely N-dealkylation sites (N-methyl/N-ethyl adjacent to an activating group) is 1. The van der Waals surface area contributed by atoms with E-state index in [0.29, 0.717) is 24.6 Å². The lowest BCUT2D eigenvalue weighted by Gasteiger charge is -2.45. The molecular formula is C32H35FN4O4. The number of hydrogen-bond donors (Lipinski definition) is 0. The molecule has 0 bridgehead atoms. The van der Waals surface area contributed by atoms with Crippen LogP contribution in [0.1, 0.15) is 35.3 Å². The van der Waals surface area contributed by atoms with E-state index >= 15 is 0 Å². The number of rotatable bonds is 10. The normalized spacial score (nSPS) is 18.4. The highest BCUT2D eigenvalue weighted by atomic mass is 19.1. The maximum absolute atomic E-state index is 14.9. The van der Waals surface area contributed by atoms with Crippen LogP contribution in [0.4, 0.5) is 4.39 Å². The molecule has 41 heavy (non-hydrogen) atoms. The Bertz CT molecular complexity index is 1480. The molecule has 5 rings (SSSR count). The number of ketones is 1. The zero-order chi connectivity index (χ0) is 29.1. The van der Waals surface area contributed by atoms with Gasteiger partial charge in [0.1, 0.15) is 23.2 Å². The van der Waals surface area contributed by atoms with Crippen LogP contribution in [0.5, 0.6) is 0 Å². The van der Waals surface area contributed by atoms with Gasteiger partial charge in [-0.05, 0) is 70.1 Å². The second kappa shape index (κ2) is 12.1. The zero-order valence-corrected chi connectivity index (χ0v) is 23.8. The molecule has 1 aromatic carbocycles. The smallest absolute Gasteiger partial charge is 0.337 e. The Morgan fingerprint density at radius 1 is 1.17 bits per heavy atom. The van der Waals surface area contributed by atoms with Gasteiger partial charge in [0.05, 0.1) is 25.0 Å². The van der Waals surface area contributed by atoms with Gasteiger partial charge in [-0.25, -0.2) is 9.18 Å². The molecule has 9 heteroatoms. The molecule has 0 fully saturated rings. The first-order chi connectivity index (χ1) is 19.8. The van der Waals surface area contributed by atoms with Crippen LogP contribution in [0.25, 0.3) is 5.70 Å². The molecule has 2 aliphatic heterocycles. The number of esters is 1. The van der Waals surface area contributed by atoms with Crippen LogP contribution in [0, 0.1) is 19.7 Å². The number of nitrogens with zero attached hydrogens (tertiary/aromatic N) is 4. The van der Waals surface area contributed by atoms with E-state index in [0.717, 1.165) is 34.9 Å². The predicted molar refractivity (Wildman–Crippen MR) is 153 cm³/mol. The fourth-order valence-electron chi connectivity index (χ4n) is 5.53. The van der Waals surface area contributed by atoms with E-state index in [4.69, 9.17) is 9.15 Å². The Morgan fingerprint density at radius 3 is 2.63 bits per heavy atom. The molecule has 0 saturated heterocycles. The van der Waals surface area contributed by atoms with Crippen molar-refractivity contribution in [1.29, 1.82) is 0 Å². The van der Waals surface area contributed by atoms with Gasteiger partial charge >= 0.3 is 5.97 Å². The third-order valence-electron chi connectivity index (χ3n) is 7.43. The summed E-state index contributed by atoms with van der Waals surface area (Å²) in [6.07, 6.45) is 6.31. The summed E-state index contributed by atoms with van der Waals surface area (Å²) >= 11 is 0. The monoisotopic (exact) mass is 558 g/mol. The van der Waals surface area contributed by atoms with E-state index in [1.807, 2.05) is 56.1 Å². The van der Waals surface area contributed by atoms with Gasteiger partial charge in [-0.3, -0.25) is 14.7 Å². The van der Waals surface area contributed by atoms with Crippen molar-refractivity contribution in [1.82, 2.24) is 19.7 Å². The third-order valence-corrected chi connectivity index (χ3v) is 7.43. The van der Waals surface area contributed by atoms with Crippen LogP contribution in [-0.2, 0) is 27.2 Å². The minimum Gasteiger partial charge on any atom is -0.466 e. The molecule has 0 N–H and O–H groups in total. The van der Waals surface area contributed by atoms with Crippen LogP contribution >= 0.6 is 0 Å². The third kappa shape index (κ3) is 5.95. The van der Waals surface area contributed by atoms with Crippen molar-refractivity contribution in [2.45, 2.75) is 45.7 Å². The van der Waals surface area contributed by atoms with Gasteiger partial charge in [0.2, 0.25) is 0 Å². The summed E-state index contributed by atoms with van der Waals surface area (Å²) in [6.45, 7) is 6.80. The number of fused-ring (bicyclic) bond motifs is 1. The first-order valence-electron chi connectivity index (χ1n) is 13.9. The fraction of sp³-hybridized carbons (Fsp3) is 0.344. The van der Waals surface area contributed by atoms with Crippen LogP contribution in [0.3, 0.4) is 0 Å². The molecule has 2 atom stereocenters. The number of furan rings is 1. The van der Waals surface area contributed by atoms with Gasteiger partial charge < -0.3 is 19.0 Å². The van der Waals surface area contributed by atoms with Crippen LogP contribution in [-0.4, -0.2) is 70.4 Å². The molecule has 4 heterocycles. The number of carbonyl (C=O) groups excluding carboxylic acids is 2. The molecular weight excluding hydrogens is 523 g/mol. The first-order valence-corrected chi connectivity index (χ1v) is 13.9. The minimum atomic E-state index is -1.15. The Balaban J connectivity index is 1.56. The molecule has 0 aliphatic carbocycles. The molecule has 2 aromatic heterocycles. The Hall–Kier alpha value is -4.24. The summed E-state index contributed by atoms with van der Waals surface area (Å²) in [6, 6.07) is 12.8. The number of aromatic nitrogens is 1. The molecule has 0 radical (unpaired) electrons. The van der Waals surface area contributed by atoms with Gasteiger partial charge in [-0.15, -0.1) is 0 Å². The summed E-state index contributed by atoms with van der Waals surface area (Å²) in [4.78, 5) is 36.9. The van der Waals surface area contributed by atoms with Gasteiger partial charge in [-0.1, -0.05) is 24.3 Å². The summed E-state index contributed by atoms with van der Waals surface area (Å²) in [7, 11) is 2.00. The van der Waals surface area contributed by atoms with Crippen molar-refractivity contribution >= 4 is 17.4 Å². The molecule has 2 aliphatic rings. The van der Waals surface area contributed by atoms with Crippen LogP contribution in [0.2, 0.25) is 0 Å².